The molecule has 142 valence electrons. The van der Waals surface area contributed by atoms with E-state index in [9.17, 15) is 13.2 Å². The molecule has 0 spiro atoms. The lowest BCUT2D eigenvalue weighted by Crippen LogP contribution is -2.38. The number of aromatic nitrogens is 2. The molecule has 0 bridgehead atoms. The largest absolute Gasteiger partial charge is 0.328 e. The van der Waals surface area contributed by atoms with Crippen LogP contribution in [0.4, 0.5) is 0 Å². The molecule has 2 aromatic rings. The van der Waals surface area contributed by atoms with Crippen LogP contribution in [-0.2, 0) is 23.6 Å². The maximum absolute atomic E-state index is 12.7. The van der Waals surface area contributed by atoms with Crippen LogP contribution in [0.25, 0.3) is 11.0 Å². The van der Waals surface area contributed by atoms with Gasteiger partial charge in [0.05, 0.1) is 15.9 Å². The van der Waals surface area contributed by atoms with Crippen LogP contribution < -0.4 is 15.8 Å². The van der Waals surface area contributed by atoms with Gasteiger partial charge in [-0.1, -0.05) is 0 Å². The summed E-state index contributed by atoms with van der Waals surface area (Å²) in [5, 5.41) is 2.03. The van der Waals surface area contributed by atoms with Crippen LogP contribution in [0, 0.1) is 0 Å². The normalized spacial score (nSPS) is 23.0. The SMILES string of the molecule is CN1NCCC1Cn1c(=O)n(C)c2cc(S(=O)(=O)NC3(C)CC3)ccc21. The number of fused-ring (bicyclic) bond motifs is 1. The summed E-state index contributed by atoms with van der Waals surface area (Å²) >= 11 is 0. The lowest BCUT2D eigenvalue weighted by atomic mass is 10.2. The van der Waals surface area contributed by atoms with Gasteiger partial charge < -0.3 is 0 Å². The number of nitrogens with zero attached hydrogens (tertiary/aromatic N) is 3. The van der Waals surface area contributed by atoms with E-state index >= 15 is 0 Å². The van der Waals surface area contributed by atoms with Gasteiger partial charge in [-0.25, -0.2) is 22.9 Å². The Bertz CT molecular complexity index is 1020. The molecule has 1 aromatic heterocycles. The quantitative estimate of drug-likeness (QED) is 0.784. The van der Waals surface area contributed by atoms with Crippen molar-refractivity contribution in [2.24, 2.45) is 7.05 Å². The molecule has 1 unspecified atom stereocenters. The Kier molecular flexibility index (Phi) is 4.03. The summed E-state index contributed by atoms with van der Waals surface area (Å²) in [4.78, 5) is 12.9. The second-order valence-electron chi connectivity index (χ2n) is 7.73. The molecule has 1 saturated heterocycles. The predicted molar refractivity (Wildman–Crippen MR) is 99.3 cm³/mol. The highest BCUT2D eigenvalue weighted by Crippen LogP contribution is 2.36. The van der Waals surface area contributed by atoms with E-state index in [1.54, 1.807) is 29.8 Å². The molecular formula is C17H25N5O3S. The van der Waals surface area contributed by atoms with Crippen LogP contribution >= 0.6 is 0 Å². The van der Waals surface area contributed by atoms with Crippen LogP contribution in [0.3, 0.4) is 0 Å². The van der Waals surface area contributed by atoms with Crippen molar-refractivity contribution in [1.82, 2.24) is 24.3 Å². The highest BCUT2D eigenvalue weighted by molar-refractivity contribution is 7.89. The minimum atomic E-state index is -3.59. The number of hydrazine groups is 1. The summed E-state index contributed by atoms with van der Waals surface area (Å²) < 4.78 is 31.3. The number of hydrogen-bond donors (Lipinski definition) is 2. The highest BCUT2D eigenvalue weighted by Gasteiger charge is 2.41. The fourth-order valence-electron chi connectivity index (χ4n) is 3.56. The molecule has 1 atom stereocenters. The summed E-state index contributed by atoms with van der Waals surface area (Å²) in [5.74, 6) is 0. The molecule has 8 nitrogen and oxygen atoms in total. The smallest absolute Gasteiger partial charge is 0.295 e. The fourth-order valence-corrected chi connectivity index (χ4v) is 5.04. The van der Waals surface area contributed by atoms with Crippen molar-refractivity contribution >= 4 is 21.1 Å². The molecular weight excluding hydrogens is 354 g/mol. The molecule has 9 heteroatoms. The number of benzene rings is 1. The molecule has 2 fully saturated rings. The van der Waals surface area contributed by atoms with Gasteiger partial charge in [0.2, 0.25) is 10.0 Å². The first kappa shape index (κ1) is 17.7. The van der Waals surface area contributed by atoms with Gasteiger partial charge >= 0.3 is 5.69 Å². The number of rotatable bonds is 5. The Morgan fingerprint density at radius 3 is 2.62 bits per heavy atom. The van der Waals surface area contributed by atoms with Gasteiger partial charge in [0.15, 0.2) is 0 Å². The van der Waals surface area contributed by atoms with Gasteiger partial charge in [0.25, 0.3) is 0 Å². The number of nitrogens with one attached hydrogen (secondary N) is 2. The maximum Gasteiger partial charge on any atom is 0.328 e. The summed E-state index contributed by atoms with van der Waals surface area (Å²) in [6, 6.07) is 5.15. The molecule has 1 aliphatic carbocycles. The second-order valence-corrected chi connectivity index (χ2v) is 9.41. The number of likely N-dealkylation sites (N-methyl/N-ethyl adjacent to an activating group) is 1. The molecule has 4 rings (SSSR count). The average Bonchev–Trinajstić information content (AvgIpc) is 3.08. The Balaban J connectivity index is 1.73. The molecule has 2 aliphatic rings. The third-order valence-corrected chi connectivity index (χ3v) is 7.22. The minimum absolute atomic E-state index is 0.128. The van der Waals surface area contributed by atoms with E-state index < -0.39 is 10.0 Å². The molecule has 26 heavy (non-hydrogen) atoms. The zero-order valence-electron chi connectivity index (χ0n) is 15.3. The molecule has 2 heterocycles. The molecule has 1 saturated carbocycles. The molecule has 2 N–H and O–H groups in total. The van der Waals surface area contributed by atoms with Crippen LogP contribution in [0.5, 0.6) is 0 Å². The Morgan fingerprint density at radius 2 is 2.00 bits per heavy atom. The van der Waals surface area contributed by atoms with Crippen molar-refractivity contribution in [3.8, 4) is 0 Å². The summed E-state index contributed by atoms with van der Waals surface area (Å²) in [6.07, 6.45) is 2.67. The van der Waals surface area contributed by atoms with Gasteiger partial charge in [-0.05, 0) is 44.4 Å². The van der Waals surface area contributed by atoms with E-state index in [2.05, 4.69) is 10.1 Å². The monoisotopic (exact) mass is 379 g/mol. The van der Waals surface area contributed by atoms with Crippen LogP contribution in [0.2, 0.25) is 0 Å². The van der Waals surface area contributed by atoms with E-state index in [-0.39, 0.29) is 22.2 Å². The van der Waals surface area contributed by atoms with Crippen LogP contribution in [0.1, 0.15) is 26.2 Å². The molecule has 0 amide bonds. The Hall–Kier alpha value is -1.68. The first-order valence-electron chi connectivity index (χ1n) is 8.90. The van der Waals surface area contributed by atoms with E-state index in [1.807, 2.05) is 19.0 Å². The zero-order chi connectivity index (χ0) is 18.7. The lowest BCUT2D eigenvalue weighted by Gasteiger charge is -2.19. The van der Waals surface area contributed by atoms with Crippen molar-refractivity contribution in [2.75, 3.05) is 13.6 Å². The third-order valence-electron chi connectivity index (χ3n) is 5.59. The average molecular weight is 379 g/mol. The Labute approximate surface area is 152 Å². The van der Waals surface area contributed by atoms with Gasteiger partial charge in [-0.2, -0.15) is 0 Å². The second kappa shape index (κ2) is 5.91. The van der Waals surface area contributed by atoms with E-state index in [4.69, 9.17) is 0 Å². The number of sulfonamides is 1. The first-order chi connectivity index (χ1) is 12.2. The van der Waals surface area contributed by atoms with E-state index in [0.29, 0.717) is 12.1 Å². The molecule has 1 aromatic carbocycles. The highest BCUT2D eigenvalue weighted by atomic mass is 32.2. The van der Waals surface area contributed by atoms with Crippen molar-refractivity contribution in [1.29, 1.82) is 0 Å². The van der Waals surface area contributed by atoms with Gasteiger partial charge in [0.1, 0.15) is 0 Å². The topological polar surface area (TPSA) is 88.4 Å². The standard InChI is InChI=1S/C17H25N5O3S/c1-17(7-8-17)19-26(24,25)13-4-5-14-15(10-13)20(2)16(23)22(14)11-12-6-9-18-21(12)3/h4-5,10,12,18-19H,6-9,11H2,1-3H3. The van der Waals surface area contributed by atoms with Crippen molar-refractivity contribution < 1.29 is 8.42 Å². The van der Waals surface area contributed by atoms with Crippen molar-refractivity contribution in [3.63, 3.8) is 0 Å². The lowest BCUT2D eigenvalue weighted by molar-refractivity contribution is 0.218. The molecule has 1 aliphatic heterocycles. The van der Waals surface area contributed by atoms with Gasteiger partial charge in [-0.3, -0.25) is 14.6 Å². The number of aryl methyl sites for hydroxylation is 1. The summed E-state index contributed by atoms with van der Waals surface area (Å²) in [6.45, 7) is 3.37. The van der Waals surface area contributed by atoms with E-state index in [1.165, 1.54) is 4.57 Å². The van der Waals surface area contributed by atoms with Crippen molar-refractivity contribution in [2.45, 2.75) is 49.2 Å². The third kappa shape index (κ3) is 2.98. The number of hydrogen-bond acceptors (Lipinski definition) is 5. The number of imidazole rings is 1. The predicted octanol–water partition coefficient (Wildman–Crippen LogP) is 0.380. The fraction of sp³-hybridized carbons (Fsp3) is 0.588. The first-order valence-corrected chi connectivity index (χ1v) is 10.4. The maximum atomic E-state index is 12.7. The Morgan fingerprint density at radius 1 is 1.27 bits per heavy atom. The minimum Gasteiger partial charge on any atom is -0.295 e. The van der Waals surface area contributed by atoms with Crippen LogP contribution in [0.15, 0.2) is 27.9 Å². The van der Waals surface area contributed by atoms with E-state index in [0.717, 1.165) is 31.3 Å². The van der Waals surface area contributed by atoms with Gasteiger partial charge in [-0.15, -0.1) is 0 Å². The summed E-state index contributed by atoms with van der Waals surface area (Å²) in [7, 11) is 0.0679. The van der Waals surface area contributed by atoms with Crippen molar-refractivity contribution in [3.05, 3.63) is 28.7 Å². The summed E-state index contributed by atoms with van der Waals surface area (Å²) in [5.41, 5.74) is 4.18. The van der Waals surface area contributed by atoms with Gasteiger partial charge in [0, 0.05) is 38.8 Å². The zero-order valence-corrected chi connectivity index (χ0v) is 16.1. The van der Waals surface area contributed by atoms with Crippen LogP contribution in [-0.4, -0.2) is 47.7 Å². The molecule has 0 radical (unpaired) electrons.